The molecular weight excluding hydrogens is 435 g/mol. The van der Waals surface area contributed by atoms with Crippen LogP contribution in [0.5, 0.6) is 0 Å². The molecule has 0 bridgehead atoms. The number of aromatic nitrogens is 4. The van der Waals surface area contributed by atoms with Crippen LogP contribution >= 0.6 is 35.0 Å². The predicted molar refractivity (Wildman–Crippen MR) is 125 cm³/mol. The molecule has 30 heavy (non-hydrogen) atoms. The molecule has 0 saturated heterocycles. The molecule has 0 N–H and O–H groups in total. The molecule has 2 aromatic heterocycles. The average molecular weight is 455 g/mol. The molecular formula is C23H20Cl2N4S. The highest BCUT2D eigenvalue weighted by molar-refractivity contribution is 7.98. The van der Waals surface area contributed by atoms with Gasteiger partial charge >= 0.3 is 0 Å². The molecule has 0 saturated carbocycles. The summed E-state index contributed by atoms with van der Waals surface area (Å²) in [6.45, 7) is 4.38. The summed E-state index contributed by atoms with van der Waals surface area (Å²) < 4.78 is 2.11. The van der Waals surface area contributed by atoms with Crippen LogP contribution in [0.4, 0.5) is 0 Å². The zero-order valence-electron chi connectivity index (χ0n) is 16.6. The third-order valence-electron chi connectivity index (χ3n) is 4.72. The molecule has 2 aromatic carbocycles. The van der Waals surface area contributed by atoms with Crippen LogP contribution in [0.15, 0.2) is 72.1 Å². The maximum Gasteiger partial charge on any atom is 0.196 e. The zero-order chi connectivity index (χ0) is 21.1. The van der Waals surface area contributed by atoms with Gasteiger partial charge in [-0.15, -0.1) is 10.2 Å². The molecule has 0 spiro atoms. The lowest BCUT2D eigenvalue weighted by atomic mass is 10.0. The Balaban J connectivity index is 1.79. The van der Waals surface area contributed by atoms with Crippen LogP contribution in [-0.4, -0.2) is 19.7 Å². The summed E-state index contributed by atoms with van der Waals surface area (Å²) in [6, 6.07) is 17.8. The molecule has 0 radical (unpaired) electrons. The largest absolute Gasteiger partial charge is 0.270 e. The SMILES string of the molecule is CC(C)c1ccccc1-n1c(SCc2ccc(Cl)cc2Cl)nnc1-c1cccnc1. The molecule has 4 rings (SSSR count). The van der Waals surface area contributed by atoms with Crippen molar-refractivity contribution in [3.05, 3.63) is 88.2 Å². The first-order valence-electron chi connectivity index (χ1n) is 9.56. The first kappa shape index (κ1) is 20.9. The van der Waals surface area contributed by atoms with Crippen molar-refractivity contribution in [3.63, 3.8) is 0 Å². The van der Waals surface area contributed by atoms with E-state index in [-0.39, 0.29) is 0 Å². The number of pyridine rings is 1. The van der Waals surface area contributed by atoms with Gasteiger partial charge in [0.1, 0.15) is 0 Å². The Bertz CT molecular complexity index is 1160. The van der Waals surface area contributed by atoms with E-state index < -0.39 is 0 Å². The highest BCUT2D eigenvalue weighted by atomic mass is 35.5. The van der Waals surface area contributed by atoms with Crippen LogP contribution in [0, 0.1) is 0 Å². The van der Waals surface area contributed by atoms with E-state index in [1.165, 1.54) is 5.56 Å². The standard InChI is InChI=1S/C23H20Cl2N4S/c1-15(2)19-7-3-4-8-21(19)29-22(16-6-5-11-26-13-16)27-28-23(29)30-14-17-9-10-18(24)12-20(17)25/h3-13,15H,14H2,1-2H3. The van der Waals surface area contributed by atoms with Crippen LogP contribution in [0.2, 0.25) is 10.0 Å². The van der Waals surface area contributed by atoms with Gasteiger partial charge in [0.15, 0.2) is 11.0 Å². The van der Waals surface area contributed by atoms with Gasteiger partial charge in [-0.3, -0.25) is 9.55 Å². The minimum Gasteiger partial charge on any atom is -0.270 e. The third kappa shape index (κ3) is 4.38. The number of para-hydroxylation sites is 1. The Morgan fingerprint density at radius 2 is 1.83 bits per heavy atom. The lowest BCUT2D eigenvalue weighted by molar-refractivity contribution is 0.818. The topological polar surface area (TPSA) is 43.6 Å². The van der Waals surface area contributed by atoms with E-state index in [2.05, 4.69) is 51.8 Å². The van der Waals surface area contributed by atoms with E-state index in [4.69, 9.17) is 23.2 Å². The van der Waals surface area contributed by atoms with Gasteiger partial charge in [-0.05, 0) is 47.4 Å². The van der Waals surface area contributed by atoms with Crippen LogP contribution in [0.1, 0.15) is 30.9 Å². The molecule has 7 heteroatoms. The van der Waals surface area contributed by atoms with Crippen molar-refractivity contribution < 1.29 is 0 Å². The quantitative estimate of drug-likeness (QED) is 0.292. The van der Waals surface area contributed by atoms with Crippen molar-refractivity contribution >= 4 is 35.0 Å². The van der Waals surface area contributed by atoms with Gasteiger partial charge in [-0.25, -0.2) is 0 Å². The van der Waals surface area contributed by atoms with Crippen molar-refractivity contribution in [1.82, 2.24) is 19.7 Å². The van der Waals surface area contributed by atoms with Crippen LogP contribution < -0.4 is 0 Å². The van der Waals surface area contributed by atoms with E-state index in [1.54, 1.807) is 24.0 Å². The smallest absolute Gasteiger partial charge is 0.196 e. The number of rotatable bonds is 6. The summed E-state index contributed by atoms with van der Waals surface area (Å²) in [4.78, 5) is 4.26. The first-order valence-corrected chi connectivity index (χ1v) is 11.3. The van der Waals surface area contributed by atoms with Gasteiger partial charge in [0.2, 0.25) is 0 Å². The van der Waals surface area contributed by atoms with Crippen molar-refractivity contribution in [2.75, 3.05) is 0 Å². The Labute approximate surface area is 190 Å². The highest BCUT2D eigenvalue weighted by Gasteiger charge is 2.19. The van der Waals surface area contributed by atoms with E-state index in [0.717, 1.165) is 27.8 Å². The lowest BCUT2D eigenvalue weighted by Crippen LogP contribution is -2.05. The molecule has 0 atom stereocenters. The van der Waals surface area contributed by atoms with Crippen molar-refractivity contribution in [2.45, 2.75) is 30.7 Å². The molecule has 2 heterocycles. The molecule has 152 valence electrons. The van der Waals surface area contributed by atoms with Crippen LogP contribution in [0.3, 0.4) is 0 Å². The minimum atomic E-state index is 0.355. The van der Waals surface area contributed by atoms with Gasteiger partial charge in [0.25, 0.3) is 0 Å². The predicted octanol–water partition coefficient (Wildman–Crippen LogP) is 7.05. The molecule has 4 aromatic rings. The molecule has 0 unspecified atom stereocenters. The Morgan fingerprint density at radius 3 is 2.57 bits per heavy atom. The molecule has 0 aliphatic heterocycles. The number of hydrogen-bond acceptors (Lipinski definition) is 4. The number of nitrogens with zero attached hydrogens (tertiary/aromatic N) is 4. The van der Waals surface area contributed by atoms with E-state index in [9.17, 15) is 0 Å². The minimum absolute atomic E-state index is 0.355. The Hall–Kier alpha value is -2.34. The summed E-state index contributed by atoms with van der Waals surface area (Å²) in [5, 5.41) is 11.1. The fraction of sp³-hybridized carbons (Fsp3) is 0.174. The number of thioether (sulfide) groups is 1. The first-order chi connectivity index (χ1) is 14.5. The summed E-state index contributed by atoms with van der Waals surface area (Å²) in [6.07, 6.45) is 3.56. The fourth-order valence-corrected chi connectivity index (χ4v) is 4.73. The van der Waals surface area contributed by atoms with Crippen molar-refractivity contribution in [3.8, 4) is 17.1 Å². The van der Waals surface area contributed by atoms with Gasteiger partial charge < -0.3 is 0 Å². The second-order valence-corrected chi connectivity index (χ2v) is 8.91. The maximum atomic E-state index is 6.37. The number of hydrogen-bond donors (Lipinski definition) is 0. The second kappa shape index (κ2) is 9.21. The van der Waals surface area contributed by atoms with Gasteiger partial charge in [0.05, 0.1) is 5.69 Å². The summed E-state index contributed by atoms with van der Waals surface area (Å²) >= 11 is 14.0. The number of halogens is 2. The van der Waals surface area contributed by atoms with Gasteiger partial charge in [-0.1, -0.05) is 73.1 Å². The molecule has 0 aliphatic rings. The van der Waals surface area contributed by atoms with Crippen molar-refractivity contribution in [2.24, 2.45) is 0 Å². The molecule has 4 nitrogen and oxygen atoms in total. The third-order valence-corrected chi connectivity index (χ3v) is 6.29. The molecule has 0 aliphatic carbocycles. The monoisotopic (exact) mass is 454 g/mol. The Kier molecular flexibility index (Phi) is 6.42. The lowest BCUT2D eigenvalue weighted by Gasteiger charge is -2.17. The van der Waals surface area contributed by atoms with Crippen molar-refractivity contribution in [1.29, 1.82) is 0 Å². The van der Waals surface area contributed by atoms with Gasteiger partial charge in [-0.2, -0.15) is 0 Å². The molecule has 0 fully saturated rings. The normalized spacial score (nSPS) is 11.2. The fourth-order valence-electron chi connectivity index (χ4n) is 3.22. The summed E-state index contributed by atoms with van der Waals surface area (Å²) in [5.41, 5.74) is 4.22. The average Bonchev–Trinajstić information content (AvgIpc) is 3.17. The summed E-state index contributed by atoms with van der Waals surface area (Å²) in [5.74, 6) is 1.78. The highest BCUT2D eigenvalue weighted by Crippen LogP contribution is 2.34. The van der Waals surface area contributed by atoms with E-state index in [1.807, 2.05) is 36.5 Å². The Morgan fingerprint density at radius 1 is 1.00 bits per heavy atom. The zero-order valence-corrected chi connectivity index (χ0v) is 18.9. The molecule has 0 amide bonds. The van der Waals surface area contributed by atoms with E-state index in [0.29, 0.717) is 21.7 Å². The van der Waals surface area contributed by atoms with Crippen LogP contribution in [0.25, 0.3) is 17.1 Å². The maximum absolute atomic E-state index is 6.37. The second-order valence-electron chi connectivity index (χ2n) is 7.12. The number of benzene rings is 2. The van der Waals surface area contributed by atoms with Crippen LogP contribution in [-0.2, 0) is 5.75 Å². The van der Waals surface area contributed by atoms with Gasteiger partial charge in [0, 0.05) is 33.8 Å². The van der Waals surface area contributed by atoms with E-state index >= 15 is 0 Å². The summed E-state index contributed by atoms with van der Waals surface area (Å²) in [7, 11) is 0.